The number of likely N-dealkylation sites (N-methyl/N-ethyl adjacent to an activating group) is 1. The van der Waals surface area contributed by atoms with Crippen molar-refractivity contribution in [1.29, 1.82) is 0 Å². The van der Waals surface area contributed by atoms with E-state index in [0.29, 0.717) is 23.9 Å². The number of hydrogen-bond acceptors (Lipinski definition) is 3. The SMILES string of the molecule is CN(C)C(=O)CN=C(NC1CCCC1)NC1CCN(C(=O)C2CC2)CC1. The molecule has 1 heterocycles. The van der Waals surface area contributed by atoms with Gasteiger partial charge in [0.15, 0.2) is 5.96 Å². The summed E-state index contributed by atoms with van der Waals surface area (Å²) in [6.07, 6.45) is 8.84. The zero-order chi connectivity index (χ0) is 18.5. The van der Waals surface area contributed by atoms with E-state index in [2.05, 4.69) is 15.6 Å². The highest BCUT2D eigenvalue weighted by molar-refractivity contribution is 5.85. The number of aliphatic imine (C=N–C) groups is 1. The predicted molar refractivity (Wildman–Crippen MR) is 102 cm³/mol. The molecule has 0 bridgehead atoms. The molecule has 3 aliphatic rings. The van der Waals surface area contributed by atoms with Crippen LogP contribution in [0, 0.1) is 5.92 Å². The van der Waals surface area contributed by atoms with Gasteiger partial charge in [0.2, 0.25) is 11.8 Å². The van der Waals surface area contributed by atoms with E-state index < -0.39 is 0 Å². The molecular weight excluding hydrogens is 330 g/mol. The smallest absolute Gasteiger partial charge is 0.243 e. The highest BCUT2D eigenvalue weighted by Gasteiger charge is 2.35. The predicted octanol–water partition coefficient (Wildman–Crippen LogP) is 0.953. The van der Waals surface area contributed by atoms with Gasteiger partial charge in [-0.15, -0.1) is 0 Å². The lowest BCUT2D eigenvalue weighted by molar-refractivity contribution is -0.133. The Labute approximate surface area is 156 Å². The number of rotatable bonds is 5. The summed E-state index contributed by atoms with van der Waals surface area (Å²) in [5.74, 6) is 1.40. The molecule has 0 unspecified atom stereocenters. The molecule has 146 valence electrons. The second-order valence-corrected chi connectivity index (χ2v) is 8.10. The molecule has 3 rings (SSSR count). The van der Waals surface area contributed by atoms with E-state index in [0.717, 1.165) is 57.6 Å². The van der Waals surface area contributed by atoms with Crippen molar-refractivity contribution in [3.63, 3.8) is 0 Å². The van der Waals surface area contributed by atoms with Crippen LogP contribution < -0.4 is 10.6 Å². The molecule has 0 aromatic heterocycles. The Kier molecular flexibility index (Phi) is 6.38. The second-order valence-electron chi connectivity index (χ2n) is 8.10. The van der Waals surface area contributed by atoms with Gasteiger partial charge in [0.25, 0.3) is 0 Å². The number of guanidine groups is 1. The number of hydrogen-bond donors (Lipinski definition) is 2. The molecule has 0 atom stereocenters. The molecule has 0 aromatic rings. The molecular formula is C19H33N5O2. The van der Waals surface area contributed by atoms with Gasteiger partial charge in [0, 0.05) is 45.2 Å². The monoisotopic (exact) mass is 363 g/mol. The lowest BCUT2D eigenvalue weighted by Gasteiger charge is -2.33. The van der Waals surface area contributed by atoms with Gasteiger partial charge in [-0.05, 0) is 38.5 Å². The quantitative estimate of drug-likeness (QED) is 0.563. The van der Waals surface area contributed by atoms with Crippen LogP contribution in [-0.4, -0.2) is 73.4 Å². The van der Waals surface area contributed by atoms with E-state index in [-0.39, 0.29) is 12.5 Å². The average molecular weight is 364 g/mol. The lowest BCUT2D eigenvalue weighted by atomic mass is 10.0. The first-order chi connectivity index (χ1) is 12.5. The van der Waals surface area contributed by atoms with Gasteiger partial charge in [-0.25, -0.2) is 4.99 Å². The number of amides is 2. The van der Waals surface area contributed by atoms with Crippen LogP contribution in [0.25, 0.3) is 0 Å². The lowest BCUT2D eigenvalue weighted by Crippen LogP contribution is -2.51. The highest BCUT2D eigenvalue weighted by atomic mass is 16.2. The molecule has 0 radical (unpaired) electrons. The van der Waals surface area contributed by atoms with Crippen molar-refractivity contribution in [2.24, 2.45) is 10.9 Å². The summed E-state index contributed by atoms with van der Waals surface area (Å²) >= 11 is 0. The minimum absolute atomic E-state index is 0.00220. The van der Waals surface area contributed by atoms with Gasteiger partial charge in [-0.3, -0.25) is 9.59 Å². The molecule has 0 aromatic carbocycles. The van der Waals surface area contributed by atoms with Crippen molar-refractivity contribution in [2.75, 3.05) is 33.7 Å². The molecule has 0 spiro atoms. The molecule has 2 N–H and O–H groups in total. The van der Waals surface area contributed by atoms with Crippen molar-refractivity contribution in [1.82, 2.24) is 20.4 Å². The van der Waals surface area contributed by atoms with Crippen LogP contribution in [0.3, 0.4) is 0 Å². The van der Waals surface area contributed by atoms with E-state index in [4.69, 9.17) is 0 Å². The van der Waals surface area contributed by atoms with Crippen LogP contribution in [0.2, 0.25) is 0 Å². The standard InChI is InChI=1S/C19H33N5O2/c1-23(2)17(25)13-20-19(21-15-5-3-4-6-15)22-16-9-11-24(12-10-16)18(26)14-7-8-14/h14-16H,3-13H2,1-2H3,(H2,20,21,22). The highest BCUT2D eigenvalue weighted by Crippen LogP contribution is 2.31. The van der Waals surface area contributed by atoms with E-state index in [1.165, 1.54) is 12.8 Å². The Balaban J connectivity index is 1.51. The Bertz CT molecular complexity index is 530. The normalized spacial score (nSPS) is 22.4. The Morgan fingerprint density at radius 1 is 0.962 bits per heavy atom. The fraction of sp³-hybridized carbons (Fsp3) is 0.842. The topological polar surface area (TPSA) is 77.0 Å². The van der Waals surface area contributed by atoms with Crippen LogP contribution in [0.1, 0.15) is 51.4 Å². The third kappa shape index (κ3) is 5.35. The molecule has 7 heteroatoms. The molecule has 3 fully saturated rings. The van der Waals surface area contributed by atoms with E-state index >= 15 is 0 Å². The fourth-order valence-electron chi connectivity index (χ4n) is 3.71. The van der Waals surface area contributed by atoms with Crippen LogP contribution in [-0.2, 0) is 9.59 Å². The average Bonchev–Trinajstić information content (AvgIpc) is 3.36. The van der Waals surface area contributed by atoms with Crippen LogP contribution in [0.15, 0.2) is 4.99 Å². The number of likely N-dealkylation sites (tertiary alicyclic amines) is 1. The minimum Gasteiger partial charge on any atom is -0.354 e. The van der Waals surface area contributed by atoms with Crippen LogP contribution in [0.4, 0.5) is 0 Å². The zero-order valence-corrected chi connectivity index (χ0v) is 16.2. The first-order valence-corrected chi connectivity index (χ1v) is 10.1. The van der Waals surface area contributed by atoms with Gasteiger partial charge in [0.05, 0.1) is 0 Å². The Morgan fingerprint density at radius 2 is 1.54 bits per heavy atom. The summed E-state index contributed by atoms with van der Waals surface area (Å²) in [5.41, 5.74) is 0. The first-order valence-electron chi connectivity index (χ1n) is 10.1. The molecule has 26 heavy (non-hydrogen) atoms. The maximum Gasteiger partial charge on any atom is 0.243 e. The number of nitrogens with zero attached hydrogens (tertiary/aromatic N) is 3. The Hall–Kier alpha value is -1.79. The van der Waals surface area contributed by atoms with E-state index in [9.17, 15) is 9.59 Å². The van der Waals surface area contributed by atoms with Crippen LogP contribution in [0.5, 0.6) is 0 Å². The molecule has 2 amide bonds. The summed E-state index contributed by atoms with van der Waals surface area (Å²) < 4.78 is 0. The maximum atomic E-state index is 12.2. The molecule has 1 saturated heterocycles. The molecule has 2 aliphatic carbocycles. The van der Waals surface area contributed by atoms with Gasteiger partial charge < -0.3 is 20.4 Å². The largest absolute Gasteiger partial charge is 0.354 e. The van der Waals surface area contributed by atoms with Crippen molar-refractivity contribution in [3.05, 3.63) is 0 Å². The van der Waals surface area contributed by atoms with E-state index in [1.807, 2.05) is 4.90 Å². The summed E-state index contributed by atoms with van der Waals surface area (Å²) in [4.78, 5) is 32.2. The van der Waals surface area contributed by atoms with Crippen molar-refractivity contribution in [3.8, 4) is 0 Å². The third-order valence-electron chi connectivity index (χ3n) is 5.64. The van der Waals surface area contributed by atoms with E-state index in [1.54, 1.807) is 19.0 Å². The van der Waals surface area contributed by atoms with Crippen molar-refractivity contribution in [2.45, 2.75) is 63.5 Å². The number of carbonyl (C=O) groups excluding carboxylic acids is 2. The summed E-state index contributed by atoms with van der Waals surface area (Å²) in [7, 11) is 3.50. The van der Waals surface area contributed by atoms with Crippen LogP contribution >= 0.6 is 0 Å². The zero-order valence-electron chi connectivity index (χ0n) is 16.2. The van der Waals surface area contributed by atoms with Gasteiger partial charge >= 0.3 is 0 Å². The van der Waals surface area contributed by atoms with Gasteiger partial charge in [0.1, 0.15) is 6.54 Å². The summed E-state index contributed by atoms with van der Waals surface area (Å²) in [6, 6.07) is 0.757. The maximum absolute atomic E-state index is 12.2. The number of carbonyl (C=O) groups is 2. The third-order valence-corrected chi connectivity index (χ3v) is 5.64. The van der Waals surface area contributed by atoms with Gasteiger partial charge in [-0.2, -0.15) is 0 Å². The summed E-state index contributed by atoms with van der Waals surface area (Å²) in [5, 5.41) is 7.02. The van der Waals surface area contributed by atoms with Crippen molar-refractivity contribution >= 4 is 17.8 Å². The Morgan fingerprint density at radius 3 is 2.08 bits per heavy atom. The fourth-order valence-corrected chi connectivity index (χ4v) is 3.71. The second kappa shape index (κ2) is 8.73. The van der Waals surface area contributed by atoms with Gasteiger partial charge in [-0.1, -0.05) is 12.8 Å². The van der Waals surface area contributed by atoms with Crippen molar-refractivity contribution < 1.29 is 9.59 Å². The molecule has 2 saturated carbocycles. The number of nitrogens with one attached hydrogen (secondary N) is 2. The first kappa shape index (κ1) is 19.0. The number of piperidine rings is 1. The summed E-state index contributed by atoms with van der Waals surface area (Å²) in [6.45, 7) is 1.80. The molecule has 7 nitrogen and oxygen atoms in total. The minimum atomic E-state index is 0.00220. The molecule has 1 aliphatic heterocycles.